The summed E-state index contributed by atoms with van der Waals surface area (Å²) in [5.41, 5.74) is 10.3. The van der Waals surface area contributed by atoms with Gasteiger partial charge in [0.1, 0.15) is 11.5 Å². The van der Waals surface area contributed by atoms with E-state index in [1.54, 1.807) is 19.2 Å². The number of aliphatic hydroxyl groups excluding tert-OH is 2. The summed E-state index contributed by atoms with van der Waals surface area (Å²) in [7, 11) is 1.55. The van der Waals surface area contributed by atoms with Crippen LogP contribution in [0.4, 0.5) is 5.69 Å². The van der Waals surface area contributed by atoms with Gasteiger partial charge in [0.25, 0.3) is 0 Å². The number of anilines is 1. The van der Waals surface area contributed by atoms with Crippen molar-refractivity contribution in [3.8, 4) is 11.5 Å². The average Bonchev–Trinajstić information content (AvgIpc) is 3.01. The maximum absolute atomic E-state index is 9.45. The van der Waals surface area contributed by atoms with Gasteiger partial charge < -0.3 is 40.8 Å². The van der Waals surface area contributed by atoms with E-state index in [2.05, 4.69) is 12.2 Å². The fourth-order valence-electron chi connectivity index (χ4n) is 3.90. The molecule has 7 N–H and O–H groups in total. The van der Waals surface area contributed by atoms with Crippen LogP contribution in [0.15, 0.2) is 84.9 Å². The Balaban J connectivity index is 0.000000674. The van der Waals surface area contributed by atoms with Crippen molar-refractivity contribution in [3.63, 3.8) is 0 Å². The van der Waals surface area contributed by atoms with Gasteiger partial charge in [-0.3, -0.25) is 0 Å². The third-order valence-corrected chi connectivity index (χ3v) is 6.92. The molecule has 0 bridgehead atoms. The third-order valence-electron chi connectivity index (χ3n) is 6.42. The lowest BCUT2D eigenvalue weighted by Crippen LogP contribution is -2.32. The summed E-state index contributed by atoms with van der Waals surface area (Å²) in [5.74, 6) is 1.31. The summed E-state index contributed by atoms with van der Waals surface area (Å²) in [5, 5.41) is 41.0. The molecule has 0 aliphatic heterocycles. The Hall–Kier alpha value is -2.58. The molecule has 0 aliphatic carbocycles. The summed E-state index contributed by atoms with van der Waals surface area (Å²) in [6, 6.07) is 25.8. The molecule has 0 amide bonds. The summed E-state index contributed by atoms with van der Waals surface area (Å²) in [4.78, 5) is 0. The molecule has 0 spiro atoms. The average molecular weight is 698 g/mol. The second-order valence-electron chi connectivity index (χ2n) is 9.54. The maximum Gasteiger partial charge on any atom is 0.488 e. The van der Waals surface area contributed by atoms with E-state index < -0.39 is 7.12 Å². The van der Waals surface area contributed by atoms with Crippen LogP contribution in [-0.4, -0.2) is 41.6 Å². The summed E-state index contributed by atoms with van der Waals surface area (Å²) < 4.78 is 10.1. The molecule has 0 radical (unpaired) electrons. The number of aliphatic hydroxyl groups is 2. The van der Waals surface area contributed by atoms with Gasteiger partial charge in [0.05, 0.1) is 27.4 Å². The first kappa shape index (κ1) is 42.4. The van der Waals surface area contributed by atoms with Gasteiger partial charge in [0.15, 0.2) is 0 Å². The molecule has 0 aliphatic rings. The van der Waals surface area contributed by atoms with Crippen LogP contribution >= 0.6 is 50.2 Å². The topological polar surface area (TPSA) is 137 Å². The summed E-state index contributed by atoms with van der Waals surface area (Å²) in [6.45, 7) is 3.73. The van der Waals surface area contributed by atoms with Gasteiger partial charge in [-0.15, -0.1) is 0 Å². The Morgan fingerprint density at radius 3 is 1.58 bits per heavy atom. The fourth-order valence-corrected chi connectivity index (χ4v) is 4.15. The van der Waals surface area contributed by atoms with E-state index in [0.717, 1.165) is 38.2 Å². The van der Waals surface area contributed by atoms with Crippen molar-refractivity contribution in [1.82, 2.24) is 0 Å². The first-order valence-corrected chi connectivity index (χ1v) is 14.2. The van der Waals surface area contributed by atoms with Gasteiger partial charge in [0, 0.05) is 33.4 Å². The van der Waals surface area contributed by atoms with Crippen LogP contribution in [0.3, 0.4) is 0 Å². The minimum Gasteiger partial charge on any atom is -0.497 e. The number of ether oxygens (including phenoxy) is 2. The summed E-state index contributed by atoms with van der Waals surface area (Å²) >= 11 is 11.6. The van der Waals surface area contributed by atoms with Gasteiger partial charge in [0.2, 0.25) is 0 Å². The molecule has 0 fully saturated rings. The Labute approximate surface area is 290 Å². The van der Waals surface area contributed by atoms with Crippen molar-refractivity contribution in [2.24, 2.45) is 5.73 Å². The first-order chi connectivity index (χ1) is 20.5. The van der Waals surface area contributed by atoms with Crippen LogP contribution < -0.4 is 26.0 Å². The van der Waals surface area contributed by atoms with Crippen LogP contribution in [0.5, 0.6) is 11.5 Å². The van der Waals surface area contributed by atoms with Crippen molar-refractivity contribution >= 4 is 68.5 Å². The number of hydrogen-bond donors (Lipinski definition) is 6. The predicted octanol–water partition coefficient (Wildman–Crippen LogP) is 5.47. The zero-order valence-electron chi connectivity index (χ0n) is 25.7. The van der Waals surface area contributed by atoms with Crippen LogP contribution in [0, 0.1) is 0 Å². The molecule has 4 aromatic carbocycles. The number of nitrogens with two attached hydrogens (primary N) is 1. The van der Waals surface area contributed by atoms with Crippen LogP contribution in [0.25, 0.3) is 0 Å². The van der Waals surface area contributed by atoms with Crippen LogP contribution in [0.1, 0.15) is 48.2 Å². The highest BCUT2D eigenvalue weighted by molar-refractivity contribution is 7.59. The van der Waals surface area contributed by atoms with Crippen molar-refractivity contribution < 1.29 is 29.7 Å². The quantitative estimate of drug-likeness (QED) is 0.127. The van der Waals surface area contributed by atoms with Gasteiger partial charge in [-0.25, -0.2) is 0 Å². The number of methoxy groups -OCH3 is 2. The smallest absolute Gasteiger partial charge is 0.488 e. The Morgan fingerprint density at radius 1 is 0.711 bits per heavy atom. The lowest BCUT2D eigenvalue weighted by molar-refractivity contribution is 0.281. The van der Waals surface area contributed by atoms with E-state index in [9.17, 15) is 5.11 Å². The number of halogens is 2. The lowest BCUT2D eigenvalue weighted by atomic mass is 9.77. The van der Waals surface area contributed by atoms with E-state index in [1.807, 2.05) is 73.7 Å². The molecule has 246 valence electrons. The second-order valence-corrected chi connectivity index (χ2v) is 10.4. The molecule has 13 heteroatoms. The predicted molar refractivity (Wildman–Crippen MR) is 196 cm³/mol. The third kappa shape index (κ3) is 14.2. The molecule has 8 nitrogen and oxygen atoms in total. The normalized spacial score (nSPS) is 11.1. The zero-order chi connectivity index (χ0) is 31.9. The fraction of sp³-hybridized carbons (Fsp3) is 0.250. The van der Waals surface area contributed by atoms with Gasteiger partial charge in [-0.1, -0.05) is 53.5 Å². The highest BCUT2D eigenvalue weighted by Crippen LogP contribution is 2.27. The molecule has 0 unspecified atom stereocenters. The van der Waals surface area contributed by atoms with E-state index >= 15 is 0 Å². The van der Waals surface area contributed by atoms with Crippen LogP contribution in [-0.2, 0) is 13.2 Å². The Bertz CT molecular complexity index is 1400. The monoisotopic (exact) mass is 696 g/mol. The molecular formula is C32H43BCl2N2O6S2. The SMILES string of the molecule is COc1ccc(B(O)O)c(CO)c1.COc1ccc(N[C@@H](C)c2ccc(Cl)cc2)c(CO)c1.C[C@H](N)c1ccc(Cl)cc1.S.S. The molecule has 0 aromatic heterocycles. The number of rotatable bonds is 9. The molecule has 0 saturated heterocycles. The van der Waals surface area contributed by atoms with Gasteiger partial charge >= 0.3 is 7.12 Å². The Morgan fingerprint density at radius 2 is 1.16 bits per heavy atom. The minimum absolute atomic E-state index is 0. The standard InChI is InChI=1S/C16H18ClNO2.C8H11BO4.C8H10ClN.2H2S/c1-11(12-3-5-14(17)6-4-12)18-16-8-7-15(20-2)9-13(16)10-19;1-13-7-2-3-8(9(11)12)6(4-7)5-10;1-6(10)7-2-4-8(9)5-3-7;;/h3-9,11,18-19H,10H2,1-2H3;2-4,10-12H,5H2,1H3;2-6H,10H2,1H3;2*1H2/t11-;;6-;;/m0.0../s1. The molecule has 45 heavy (non-hydrogen) atoms. The second kappa shape index (κ2) is 22.0. The lowest BCUT2D eigenvalue weighted by Gasteiger charge is -2.18. The van der Waals surface area contributed by atoms with Gasteiger partial charge in [-0.05, 0) is 90.6 Å². The number of benzene rings is 4. The van der Waals surface area contributed by atoms with Crippen molar-refractivity contribution in [3.05, 3.63) is 117 Å². The highest BCUT2D eigenvalue weighted by atomic mass is 35.5. The van der Waals surface area contributed by atoms with E-state index in [1.165, 1.54) is 13.2 Å². The van der Waals surface area contributed by atoms with Crippen LogP contribution in [0.2, 0.25) is 10.0 Å². The highest BCUT2D eigenvalue weighted by Gasteiger charge is 2.15. The zero-order valence-corrected chi connectivity index (χ0v) is 29.2. The molecule has 2 atom stereocenters. The van der Waals surface area contributed by atoms with Gasteiger partial charge in [-0.2, -0.15) is 27.0 Å². The van der Waals surface area contributed by atoms with E-state index in [4.69, 9.17) is 53.6 Å². The number of nitrogens with one attached hydrogen (secondary N) is 1. The van der Waals surface area contributed by atoms with Crippen molar-refractivity contribution in [2.75, 3.05) is 19.5 Å². The van der Waals surface area contributed by atoms with E-state index in [0.29, 0.717) is 16.8 Å². The largest absolute Gasteiger partial charge is 0.497 e. The minimum atomic E-state index is -1.56. The molecule has 0 heterocycles. The van der Waals surface area contributed by atoms with E-state index in [-0.39, 0.29) is 52.3 Å². The van der Waals surface area contributed by atoms with Crippen molar-refractivity contribution in [2.45, 2.75) is 39.1 Å². The summed E-state index contributed by atoms with van der Waals surface area (Å²) in [6.07, 6.45) is 0. The van der Waals surface area contributed by atoms with Crippen molar-refractivity contribution in [1.29, 1.82) is 0 Å². The Kier molecular flexibility index (Phi) is 20.8. The molecule has 4 aromatic rings. The number of hydrogen-bond acceptors (Lipinski definition) is 8. The maximum atomic E-state index is 9.45. The molecule has 4 rings (SSSR count). The molecular weight excluding hydrogens is 654 g/mol. The first-order valence-electron chi connectivity index (χ1n) is 13.5. The molecule has 0 saturated carbocycles.